The topological polar surface area (TPSA) is 67.6 Å². The van der Waals surface area contributed by atoms with Crippen molar-refractivity contribution in [2.75, 3.05) is 5.73 Å². The molecule has 2 aromatic rings. The second-order valence-corrected chi connectivity index (χ2v) is 4.25. The average Bonchev–Trinajstić information content (AvgIpc) is 2.64. The van der Waals surface area contributed by atoms with Gasteiger partial charge in [-0.1, -0.05) is 15.9 Å². The zero-order valence-electron chi connectivity index (χ0n) is 8.61. The molecule has 4 nitrogen and oxygen atoms in total. The van der Waals surface area contributed by atoms with Crippen LogP contribution in [0.25, 0.3) is 5.69 Å². The molecule has 0 aliphatic carbocycles. The number of nitrogens with zero attached hydrogens (tertiary/aromatic N) is 3. The van der Waals surface area contributed by atoms with Crippen molar-refractivity contribution in [2.45, 2.75) is 6.92 Å². The van der Waals surface area contributed by atoms with E-state index in [0.29, 0.717) is 11.4 Å². The van der Waals surface area contributed by atoms with Crippen LogP contribution < -0.4 is 5.73 Å². The van der Waals surface area contributed by atoms with Crippen LogP contribution in [0.5, 0.6) is 0 Å². The Labute approximate surface area is 101 Å². The Morgan fingerprint density at radius 1 is 1.50 bits per heavy atom. The minimum atomic E-state index is 0.365. The van der Waals surface area contributed by atoms with Crippen molar-refractivity contribution in [2.24, 2.45) is 0 Å². The van der Waals surface area contributed by atoms with Crippen molar-refractivity contribution < 1.29 is 0 Å². The van der Waals surface area contributed by atoms with Crippen LogP contribution in [-0.2, 0) is 0 Å². The minimum absolute atomic E-state index is 0.365. The lowest BCUT2D eigenvalue weighted by atomic mass is 10.2. The SMILES string of the molecule is Cc1cc(-n2ncc(C#N)c2N)ccc1Br. The molecule has 2 rings (SSSR count). The summed E-state index contributed by atoms with van der Waals surface area (Å²) >= 11 is 3.43. The van der Waals surface area contributed by atoms with Crippen LogP contribution in [-0.4, -0.2) is 9.78 Å². The highest BCUT2D eigenvalue weighted by Gasteiger charge is 2.08. The summed E-state index contributed by atoms with van der Waals surface area (Å²) in [5, 5.41) is 12.9. The number of halogens is 1. The highest BCUT2D eigenvalue weighted by molar-refractivity contribution is 9.10. The van der Waals surface area contributed by atoms with Crippen LogP contribution in [0.15, 0.2) is 28.9 Å². The van der Waals surface area contributed by atoms with Crippen molar-refractivity contribution in [3.8, 4) is 11.8 Å². The zero-order chi connectivity index (χ0) is 11.7. The first-order chi connectivity index (χ1) is 7.63. The fraction of sp³-hybridized carbons (Fsp3) is 0.0909. The lowest BCUT2D eigenvalue weighted by Gasteiger charge is -2.06. The molecule has 0 spiro atoms. The normalized spacial score (nSPS) is 10.1. The third-order valence-corrected chi connectivity index (χ3v) is 3.20. The number of aromatic nitrogens is 2. The van der Waals surface area contributed by atoms with Gasteiger partial charge in [-0.3, -0.25) is 0 Å². The molecule has 0 saturated heterocycles. The van der Waals surface area contributed by atoms with Gasteiger partial charge in [0.15, 0.2) is 0 Å². The Hall–Kier alpha value is -1.80. The Kier molecular flexibility index (Phi) is 2.67. The smallest absolute Gasteiger partial charge is 0.145 e. The molecule has 80 valence electrons. The fourth-order valence-electron chi connectivity index (χ4n) is 1.41. The maximum Gasteiger partial charge on any atom is 0.145 e. The number of nitrogens with two attached hydrogens (primary N) is 1. The molecule has 0 fully saturated rings. The van der Waals surface area contributed by atoms with Gasteiger partial charge in [-0.25, -0.2) is 4.68 Å². The molecular formula is C11H9BrN4. The summed E-state index contributed by atoms with van der Waals surface area (Å²) < 4.78 is 2.58. The Morgan fingerprint density at radius 2 is 2.25 bits per heavy atom. The number of nitriles is 1. The van der Waals surface area contributed by atoms with Crippen LogP contribution in [0.3, 0.4) is 0 Å². The molecule has 0 saturated carbocycles. The van der Waals surface area contributed by atoms with Gasteiger partial charge in [-0.2, -0.15) is 10.4 Å². The van der Waals surface area contributed by atoms with Crippen molar-refractivity contribution in [1.29, 1.82) is 5.26 Å². The second-order valence-electron chi connectivity index (χ2n) is 3.40. The van der Waals surface area contributed by atoms with E-state index in [4.69, 9.17) is 11.0 Å². The molecule has 0 bridgehead atoms. The number of hydrogen-bond acceptors (Lipinski definition) is 3. The van der Waals surface area contributed by atoms with Gasteiger partial charge in [0, 0.05) is 4.47 Å². The van der Waals surface area contributed by atoms with E-state index in [-0.39, 0.29) is 0 Å². The van der Waals surface area contributed by atoms with Gasteiger partial charge < -0.3 is 5.73 Å². The molecule has 16 heavy (non-hydrogen) atoms. The van der Waals surface area contributed by atoms with Crippen molar-refractivity contribution >= 4 is 21.7 Å². The fourth-order valence-corrected chi connectivity index (χ4v) is 1.66. The van der Waals surface area contributed by atoms with E-state index in [0.717, 1.165) is 15.7 Å². The predicted octanol–water partition coefficient (Wildman–Crippen LogP) is 2.40. The summed E-state index contributed by atoms with van der Waals surface area (Å²) in [5.41, 5.74) is 8.13. The first-order valence-corrected chi connectivity index (χ1v) is 5.43. The van der Waals surface area contributed by atoms with E-state index in [1.54, 1.807) is 4.68 Å². The maximum atomic E-state index is 8.79. The van der Waals surface area contributed by atoms with Gasteiger partial charge in [-0.15, -0.1) is 0 Å². The van der Waals surface area contributed by atoms with Gasteiger partial charge in [0.05, 0.1) is 11.9 Å². The molecule has 1 aromatic carbocycles. The van der Waals surface area contributed by atoms with E-state index >= 15 is 0 Å². The summed E-state index contributed by atoms with van der Waals surface area (Å²) in [6, 6.07) is 7.77. The van der Waals surface area contributed by atoms with Gasteiger partial charge in [-0.05, 0) is 30.7 Å². The Balaban J connectivity index is 2.55. The molecule has 1 aromatic heterocycles. The summed E-state index contributed by atoms with van der Waals surface area (Å²) in [5.74, 6) is 0.365. The first kappa shape index (κ1) is 10.7. The van der Waals surface area contributed by atoms with Gasteiger partial charge in [0.2, 0.25) is 0 Å². The molecule has 0 radical (unpaired) electrons. The van der Waals surface area contributed by atoms with Crippen LogP contribution in [0.2, 0.25) is 0 Å². The summed E-state index contributed by atoms with van der Waals surface area (Å²) in [6.45, 7) is 1.98. The number of hydrogen-bond donors (Lipinski definition) is 1. The largest absolute Gasteiger partial charge is 0.382 e. The number of nitrogen functional groups attached to an aromatic ring is 1. The molecule has 5 heteroatoms. The van der Waals surface area contributed by atoms with Gasteiger partial charge >= 0.3 is 0 Å². The Morgan fingerprint density at radius 3 is 2.81 bits per heavy atom. The molecule has 0 unspecified atom stereocenters. The van der Waals surface area contributed by atoms with E-state index < -0.39 is 0 Å². The maximum absolute atomic E-state index is 8.79. The zero-order valence-corrected chi connectivity index (χ0v) is 10.2. The lowest BCUT2D eigenvalue weighted by Crippen LogP contribution is -2.02. The van der Waals surface area contributed by atoms with Crippen LogP contribution >= 0.6 is 15.9 Å². The molecular weight excluding hydrogens is 268 g/mol. The second kappa shape index (κ2) is 3.99. The van der Waals surface area contributed by atoms with E-state index in [1.807, 2.05) is 31.2 Å². The van der Waals surface area contributed by atoms with E-state index in [2.05, 4.69) is 21.0 Å². The average molecular weight is 277 g/mol. The predicted molar refractivity (Wildman–Crippen MR) is 65.1 cm³/mol. The highest BCUT2D eigenvalue weighted by atomic mass is 79.9. The first-order valence-electron chi connectivity index (χ1n) is 4.63. The van der Waals surface area contributed by atoms with E-state index in [9.17, 15) is 0 Å². The summed E-state index contributed by atoms with van der Waals surface area (Å²) in [4.78, 5) is 0. The van der Waals surface area contributed by atoms with Crippen molar-refractivity contribution in [1.82, 2.24) is 9.78 Å². The summed E-state index contributed by atoms with van der Waals surface area (Å²) in [7, 11) is 0. The number of anilines is 1. The summed E-state index contributed by atoms with van der Waals surface area (Å²) in [6.07, 6.45) is 1.46. The Bertz CT molecular complexity index is 580. The molecule has 1 heterocycles. The number of aryl methyl sites for hydroxylation is 1. The number of benzene rings is 1. The van der Waals surface area contributed by atoms with Gasteiger partial charge in [0.25, 0.3) is 0 Å². The third-order valence-electron chi connectivity index (χ3n) is 2.31. The molecule has 2 N–H and O–H groups in total. The quantitative estimate of drug-likeness (QED) is 0.870. The highest BCUT2D eigenvalue weighted by Crippen LogP contribution is 2.22. The minimum Gasteiger partial charge on any atom is -0.382 e. The molecule has 0 aliphatic heterocycles. The standard InChI is InChI=1S/C11H9BrN4/c1-7-4-9(2-3-10(7)12)16-11(14)8(5-13)6-15-16/h2-4,6H,14H2,1H3. The van der Waals surface area contributed by atoms with Crippen LogP contribution in [0.1, 0.15) is 11.1 Å². The molecule has 0 amide bonds. The molecule has 0 aliphatic rings. The van der Waals surface area contributed by atoms with Crippen molar-refractivity contribution in [3.63, 3.8) is 0 Å². The third kappa shape index (κ3) is 1.68. The van der Waals surface area contributed by atoms with Crippen LogP contribution in [0, 0.1) is 18.3 Å². The van der Waals surface area contributed by atoms with Gasteiger partial charge in [0.1, 0.15) is 17.5 Å². The molecule has 0 atom stereocenters. The monoisotopic (exact) mass is 276 g/mol. The lowest BCUT2D eigenvalue weighted by molar-refractivity contribution is 0.889. The van der Waals surface area contributed by atoms with Crippen LogP contribution in [0.4, 0.5) is 5.82 Å². The number of rotatable bonds is 1. The van der Waals surface area contributed by atoms with Crippen molar-refractivity contribution in [3.05, 3.63) is 40.0 Å². The van der Waals surface area contributed by atoms with E-state index in [1.165, 1.54) is 6.20 Å².